The van der Waals surface area contributed by atoms with E-state index in [-0.39, 0.29) is 11.2 Å². The van der Waals surface area contributed by atoms with Gasteiger partial charge in [0.2, 0.25) is 0 Å². The molecule has 5 rings (SSSR count). The molecule has 4 aromatic rings. The highest BCUT2D eigenvalue weighted by Gasteiger charge is 2.20. The molecule has 170 valence electrons. The molecule has 10 heteroatoms. The third kappa shape index (κ3) is 4.11. The van der Waals surface area contributed by atoms with Crippen LogP contribution in [0, 0.1) is 10.1 Å². The minimum absolute atomic E-state index is 0.0242. The van der Waals surface area contributed by atoms with Crippen LogP contribution >= 0.6 is 11.3 Å². The van der Waals surface area contributed by atoms with E-state index >= 15 is 0 Å². The first kappa shape index (κ1) is 21.7. The van der Waals surface area contributed by atoms with Crippen LogP contribution in [0.25, 0.3) is 15.9 Å². The molecule has 1 aliphatic rings. The number of hydrogen-bond donors (Lipinski definition) is 1. The number of nitro benzene ring substituents is 1. The average Bonchev–Trinajstić information content (AvgIpc) is 3.24. The quantitative estimate of drug-likeness (QED) is 0.267. The smallest absolute Gasteiger partial charge is 0.268 e. The predicted octanol–water partition coefficient (Wildman–Crippen LogP) is 4.00. The molecule has 0 bridgehead atoms. The van der Waals surface area contributed by atoms with Crippen molar-refractivity contribution in [2.24, 2.45) is 5.10 Å². The number of rotatable bonds is 5. The molecule has 0 atom stereocenters. The monoisotopic (exact) mass is 473 g/mol. The van der Waals surface area contributed by atoms with Gasteiger partial charge in [0.15, 0.2) is 0 Å². The maximum absolute atomic E-state index is 13.3. The van der Waals surface area contributed by atoms with E-state index in [4.69, 9.17) is 0 Å². The number of carbonyl (C=O) groups is 1. The number of amides is 1. The highest BCUT2D eigenvalue weighted by molar-refractivity contribution is 7.18. The van der Waals surface area contributed by atoms with Crippen molar-refractivity contribution < 1.29 is 9.72 Å². The average molecular weight is 474 g/mol. The van der Waals surface area contributed by atoms with E-state index in [2.05, 4.69) is 15.5 Å². The van der Waals surface area contributed by atoms with Crippen LogP contribution in [-0.2, 0) is 12.8 Å². The van der Waals surface area contributed by atoms with Crippen LogP contribution < -0.4 is 11.0 Å². The van der Waals surface area contributed by atoms with Crippen molar-refractivity contribution in [2.75, 3.05) is 0 Å². The van der Waals surface area contributed by atoms with Gasteiger partial charge in [-0.25, -0.2) is 10.4 Å². The van der Waals surface area contributed by atoms with Crippen LogP contribution in [0.2, 0.25) is 0 Å². The standard InChI is InChI=1S/C24H19N5O4S/c30-22(27-26-13-15-8-10-17(11-9-15)29(32)33)16-4-3-5-18(12-16)28-14-25-23-21(24(28)31)19-6-1-2-7-20(19)34-23/h3-5,8-14H,1-2,6-7H2,(H,27,30)/b26-13+. The number of nitro groups is 1. The molecule has 2 aromatic carbocycles. The highest BCUT2D eigenvalue weighted by atomic mass is 32.1. The molecule has 1 amide bonds. The number of hydrazone groups is 1. The fourth-order valence-electron chi connectivity index (χ4n) is 4.04. The predicted molar refractivity (Wildman–Crippen MR) is 130 cm³/mol. The van der Waals surface area contributed by atoms with E-state index in [1.807, 2.05) is 0 Å². The molecule has 0 spiro atoms. The van der Waals surface area contributed by atoms with Gasteiger partial charge in [-0.1, -0.05) is 6.07 Å². The number of aryl methyl sites for hydroxylation is 2. The Labute approximate surface area is 197 Å². The summed E-state index contributed by atoms with van der Waals surface area (Å²) in [4.78, 5) is 42.7. The lowest BCUT2D eigenvalue weighted by atomic mass is 9.97. The zero-order valence-corrected chi connectivity index (χ0v) is 18.7. The Morgan fingerprint density at radius 1 is 1.18 bits per heavy atom. The molecular formula is C24H19N5O4S. The third-order valence-corrected chi connectivity index (χ3v) is 6.95. The van der Waals surface area contributed by atoms with Crippen LogP contribution in [0.5, 0.6) is 0 Å². The summed E-state index contributed by atoms with van der Waals surface area (Å²) in [6, 6.07) is 12.5. The van der Waals surface area contributed by atoms with Crippen LogP contribution in [0.15, 0.2) is 64.8 Å². The largest absolute Gasteiger partial charge is 0.271 e. The molecule has 34 heavy (non-hydrogen) atoms. The van der Waals surface area contributed by atoms with Gasteiger partial charge >= 0.3 is 0 Å². The number of carbonyl (C=O) groups excluding carboxylic acids is 1. The maximum atomic E-state index is 13.3. The summed E-state index contributed by atoms with van der Waals surface area (Å²) in [6.07, 6.45) is 7.00. The maximum Gasteiger partial charge on any atom is 0.271 e. The lowest BCUT2D eigenvalue weighted by molar-refractivity contribution is -0.384. The zero-order valence-electron chi connectivity index (χ0n) is 17.9. The van der Waals surface area contributed by atoms with E-state index in [1.54, 1.807) is 35.6 Å². The van der Waals surface area contributed by atoms with Gasteiger partial charge < -0.3 is 0 Å². The minimum Gasteiger partial charge on any atom is -0.268 e. The molecule has 0 fully saturated rings. The second-order valence-electron chi connectivity index (χ2n) is 7.91. The van der Waals surface area contributed by atoms with Gasteiger partial charge in [0.25, 0.3) is 17.2 Å². The van der Waals surface area contributed by atoms with Gasteiger partial charge in [0.05, 0.1) is 22.2 Å². The van der Waals surface area contributed by atoms with E-state index in [0.717, 1.165) is 36.1 Å². The lowest BCUT2D eigenvalue weighted by Crippen LogP contribution is -2.21. The number of non-ortho nitro benzene ring substituents is 1. The third-order valence-electron chi connectivity index (χ3n) is 5.75. The molecule has 0 aliphatic heterocycles. The second-order valence-corrected chi connectivity index (χ2v) is 8.99. The van der Waals surface area contributed by atoms with Crippen molar-refractivity contribution in [1.82, 2.24) is 15.0 Å². The first-order valence-electron chi connectivity index (χ1n) is 10.7. The first-order valence-corrected chi connectivity index (χ1v) is 11.5. The Hall–Kier alpha value is -4.18. The van der Waals surface area contributed by atoms with E-state index in [1.165, 1.54) is 46.3 Å². The van der Waals surface area contributed by atoms with Crippen LogP contribution in [0.3, 0.4) is 0 Å². The number of nitrogens with one attached hydrogen (secondary N) is 1. The number of hydrogen-bond acceptors (Lipinski definition) is 7. The molecule has 1 N–H and O–H groups in total. The summed E-state index contributed by atoms with van der Waals surface area (Å²) in [6.45, 7) is 0. The van der Waals surface area contributed by atoms with E-state index < -0.39 is 10.8 Å². The Balaban J connectivity index is 1.37. The van der Waals surface area contributed by atoms with Gasteiger partial charge in [-0.05, 0) is 67.1 Å². The fourth-order valence-corrected chi connectivity index (χ4v) is 5.26. The molecule has 9 nitrogen and oxygen atoms in total. The number of fused-ring (bicyclic) bond motifs is 3. The summed E-state index contributed by atoms with van der Waals surface area (Å²) in [5.74, 6) is -0.449. The van der Waals surface area contributed by atoms with Crippen molar-refractivity contribution in [3.05, 3.63) is 96.9 Å². The molecular weight excluding hydrogens is 454 g/mol. The molecule has 0 saturated heterocycles. The molecule has 2 aromatic heterocycles. The van der Waals surface area contributed by atoms with Crippen LogP contribution in [0.1, 0.15) is 39.2 Å². The molecule has 0 radical (unpaired) electrons. The van der Waals surface area contributed by atoms with E-state index in [0.29, 0.717) is 22.2 Å². The highest BCUT2D eigenvalue weighted by Crippen LogP contribution is 2.33. The lowest BCUT2D eigenvalue weighted by Gasteiger charge is -2.11. The van der Waals surface area contributed by atoms with Crippen molar-refractivity contribution in [3.63, 3.8) is 0 Å². The molecule has 0 saturated carbocycles. The number of benzene rings is 2. The van der Waals surface area contributed by atoms with Gasteiger partial charge in [0.1, 0.15) is 11.2 Å². The first-order chi connectivity index (χ1) is 16.5. The van der Waals surface area contributed by atoms with Gasteiger partial charge in [0, 0.05) is 22.6 Å². The summed E-state index contributed by atoms with van der Waals surface area (Å²) < 4.78 is 1.47. The van der Waals surface area contributed by atoms with Gasteiger partial charge in [-0.3, -0.25) is 24.3 Å². The topological polar surface area (TPSA) is 119 Å². The number of nitrogens with zero attached hydrogens (tertiary/aromatic N) is 4. The van der Waals surface area contributed by atoms with Crippen molar-refractivity contribution in [2.45, 2.75) is 25.7 Å². The van der Waals surface area contributed by atoms with Gasteiger partial charge in [-0.2, -0.15) is 5.10 Å². The van der Waals surface area contributed by atoms with E-state index in [9.17, 15) is 19.7 Å². The Kier molecular flexibility index (Phi) is 5.72. The molecule has 1 aliphatic carbocycles. The van der Waals surface area contributed by atoms with Crippen molar-refractivity contribution in [3.8, 4) is 5.69 Å². The molecule has 0 unspecified atom stereocenters. The fraction of sp³-hybridized carbons (Fsp3) is 0.167. The van der Waals surface area contributed by atoms with Gasteiger partial charge in [-0.15, -0.1) is 11.3 Å². The summed E-state index contributed by atoms with van der Waals surface area (Å²) in [7, 11) is 0. The Morgan fingerprint density at radius 3 is 2.76 bits per heavy atom. The van der Waals surface area contributed by atoms with Crippen LogP contribution in [-0.4, -0.2) is 26.6 Å². The Morgan fingerprint density at radius 2 is 1.97 bits per heavy atom. The second kappa shape index (κ2) is 8.99. The summed E-state index contributed by atoms with van der Waals surface area (Å²) >= 11 is 1.60. The number of thiophene rings is 1. The van der Waals surface area contributed by atoms with Crippen LogP contribution in [0.4, 0.5) is 5.69 Å². The summed E-state index contributed by atoms with van der Waals surface area (Å²) in [5.41, 5.74) is 4.88. The zero-order chi connectivity index (χ0) is 23.7. The molecule has 2 heterocycles. The SMILES string of the molecule is O=C(N/N=C/c1ccc([N+](=O)[O-])cc1)c1cccc(-n2cnc3sc4c(c3c2=O)CCCC4)c1. The summed E-state index contributed by atoms with van der Waals surface area (Å²) in [5, 5.41) is 15.3. The minimum atomic E-state index is -0.485. The number of aromatic nitrogens is 2. The van der Waals surface area contributed by atoms with Crippen molar-refractivity contribution >= 4 is 39.4 Å². The van der Waals surface area contributed by atoms with Crippen molar-refractivity contribution in [1.29, 1.82) is 0 Å². The Bertz CT molecular complexity index is 1500. The normalized spacial score (nSPS) is 13.2.